The van der Waals surface area contributed by atoms with Gasteiger partial charge in [0.25, 0.3) is 0 Å². The molecular formula is C12H10NO-. The Hall–Kier alpha value is -1.83. The number of aromatic nitrogens is 1. The van der Waals surface area contributed by atoms with Crippen LogP contribution in [0.4, 0.5) is 0 Å². The van der Waals surface area contributed by atoms with E-state index in [2.05, 4.69) is 4.98 Å². The van der Waals surface area contributed by atoms with Crippen molar-refractivity contribution in [2.75, 3.05) is 0 Å². The Labute approximate surface area is 82.9 Å². The van der Waals surface area contributed by atoms with Crippen molar-refractivity contribution in [1.82, 2.24) is 4.98 Å². The zero-order valence-electron chi connectivity index (χ0n) is 7.68. The highest BCUT2D eigenvalue weighted by atomic mass is 16.3. The molecule has 1 aromatic carbocycles. The maximum atomic E-state index is 11.0. The van der Waals surface area contributed by atoms with Crippen molar-refractivity contribution >= 4 is 0 Å². The van der Waals surface area contributed by atoms with Gasteiger partial charge in [0.2, 0.25) is 0 Å². The summed E-state index contributed by atoms with van der Waals surface area (Å²) < 4.78 is 0. The van der Waals surface area contributed by atoms with Crippen LogP contribution in [-0.4, -0.2) is 4.98 Å². The van der Waals surface area contributed by atoms with Gasteiger partial charge in [0.1, 0.15) is 0 Å². The van der Waals surface area contributed by atoms with E-state index in [0.717, 1.165) is 12.0 Å². The first-order valence-corrected chi connectivity index (χ1v) is 4.49. The van der Waals surface area contributed by atoms with Crippen LogP contribution in [0.5, 0.6) is 5.75 Å². The third kappa shape index (κ3) is 2.10. The molecule has 0 saturated carbocycles. The number of rotatable bonds is 2. The molecule has 0 aliphatic rings. The number of pyridine rings is 1. The van der Waals surface area contributed by atoms with Gasteiger partial charge >= 0.3 is 0 Å². The highest BCUT2D eigenvalue weighted by Gasteiger charge is 1.94. The molecular weight excluding hydrogens is 174 g/mol. The Morgan fingerprint density at radius 1 is 1.00 bits per heavy atom. The average molecular weight is 184 g/mol. The lowest BCUT2D eigenvalue weighted by molar-refractivity contribution is -0.268. The minimum Gasteiger partial charge on any atom is -0.871 e. The van der Waals surface area contributed by atoms with Crippen molar-refractivity contribution in [2.45, 2.75) is 6.42 Å². The zero-order valence-corrected chi connectivity index (χ0v) is 7.68. The maximum Gasteiger partial charge on any atom is 0.0302 e. The van der Waals surface area contributed by atoms with E-state index >= 15 is 0 Å². The van der Waals surface area contributed by atoms with Gasteiger partial charge in [-0.3, -0.25) is 4.98 Å². The SMILES string of the molecule is [O-]c1cncc(Cc2ccccc2)c1. The highest BCUT2D eigenvalue weighted by molar-refractivity contribution is 5.27. The molecule has 2 aromatic rings. The topological polar surface area (TPSA) is 36.0 Å². The van der Waals surface area contributed by atoms with Gasteiger partial charge in [-0.25, -0.2) is 0 Å². The van der Waals surface area contributed by atoms with Gasteiger partial charge < -0.3 is 5.11 Å². The predicted molar refractivity (Wildman–Crippen MR) is 52.9 cm³/mol. The van der Waals surface area contributed by atoms with Crippen LogP contribution >= 0.6 is 0 Å². The number of nitrogens with zero attached hydrogens (tertiary/aromatic N) is 1. The third-order valence-corrected chi connectivity index (χ3v) is 2.02. The molecule has 0 atom stereocenters. The smallest absolute Gasteiger partial charge is 0.0302 e. The van der Waals surface area contributed by atoms with Crippen molar-refractivity contribution in [2.24, 2.45) is 0 Å². The molecule has 1 heterocycles. The zero-order chi connectivity index (χ0) is 9.80. The second kappa shape index (κ2) is 3.92. The van der Waals surface area contributed by atoms with Crippen LogP contribution in [0.25, 0.3) is 0 Å². The summed E-state index contributed by atoms with van der Waals surface area (Å²) in [6.45, 7) is 0. The number of hydrogen-bond donors (Lipinski definition) is 0. The Kier molecular flexibility index (Phi) is 2.45. The monoisotopic (exact) mass is 184 g/mol. The highest BCUT2D eigenvalue weighted by Crippen LogP contribution is 2.11. The van der Waals surface area contributed by atoms with Gasteiger partial charge in [-0.2, -0.15) is 0 Å². The largest absolute Gasteiger partial charge is 0.871 e. The summed E-state index contributed by atoms with van der Waals surface area (Å²) in [5.41, 5.74) is 2.16. The lowest BCUT2D eigenvalue weighted by atomic mass is 10.1. The molecule has 0 radical (unpaired) electrons. The second-order valence-corrected chi connectivity index (χ2v) is 3.19. The summed E-state index contributed by atoms with van der Waals surface area (Å²) in [4.78, 5) is 3.87. The van der Waals surface area contributed by atoms with Crippen LogP contribution in [0, 0.1) is 0 Å². The minimum atomic E-state index is -0.0292. The molecule has 14 heavy (non-hydrogen) atoms. The molecule has 1 aromatic heterocycles. The first kappa shape index (κ1) is 8.75. The van der Waals surface area contributed by atoms with Crippen molar-refractivity contribution in [3.8, 4) is 5.75 Å². The molecule has 2 nitrogen and oxygen atoms in total. The predicted octanol–water partition coefficient (Wildman–Crippen LogP) is 1.75. The minimum absolute atomic E-state index is 0.0292. The van der Waals surface area contributed by atoms with E-state index < -0.39 is 0 Å². The van der Waals surface area contributed by atoms with Crippen LogP contribution < -0.4 is 5.11 Å². The molecule has 2 rings (SSSR count). The molecule has 0 N–H and O–H groups in total. The van der Waals surface area contributed by atoms with Gasteiger partial charge in [0, 0.05) is 12.4 Å². The Balaban J connectivity index is 2.19. The molecule has 70 valence electrons. The lowest BCUT2D eigenvalue weighted by Crippen LogP contribution is -1.94. The van der Waals surface area contributed by atoms with E-state index in [4.69, 9.17) is 0 Å². The van der Waals surface area contributed by atoms with E-state index in [1.165, 1.54) is 11.8 Å². The molecule has 0 unspecified atom stereocenters. The molecule has 0 bridgehead atoms. The third-order valence-electron chi connectivity index (χ3n) is 2.02. The van der Waals surface area contributed by atoms with Crippen LogP contribution in [0.15, 0.2) is 48.8 Å². The number of benzene rings is 1. The summed E-state index contributed by atoms with van der Waals surface area (Å²) in [6.07, 6.45) is 3.83. The molecule has 0 aliphatic heterocycles. The van der Waals surface area contributed by atoms with Gasteiger partial charge in [0.15, 0.2) is 0 Å². The van der Waals surface area contributed by atoms with Gasteiger partial charge in [-0.15, -0.1) is 0 Å². The van der Waals surface area contributed by atoms with E-state index in [1.807, 2.05) is 30.3 Å². The molecule has 2 heteroatoms. The molecule has 0 amide bonds. The Bertz CT molecular complexity index is 412. The van der Waals surface area contributed by atoms with Gasteiger partial charge in [-0.1, -0.05) is 42.1 Å². The summed E-state index contributed by atoms with van der Waals surface area (Å²) in [7, 11) is 0. The first-order valence-electron chi connectivity index (χ1n) is 4.49. The molecule has 0 spiro atoms. The van der Waals surface area contributed by atoms with Crippen LogP contribution in [-0.2, 0) is 6.42 Å². The quantitative estimate of drug-likeness (QED) is 0.712. The lowest BCUT2D eigenvalue weighted by Gasteiger charge is -2.06. The molecule has 0 fully saturated rings. The van der Waals surface area contributed by atoms with Gasteiger partial charge in [0.05, 0.1) is 0 Å². The number of hydrogen-bond acceptors (Lipinski definition) is 2. The fraction of sp³-hybridized carbons (Fsp3) is 0.0833. The van der Waals surface area contributed by atoms with E-state index in [9.17, 15) is 5.11 Å². The molecule has 0 saturated heterocycles. The fourth-order valence-electron chi connectivity index (χ4n) is 1.39. The summed E-state index contributed by atoms with van der Waals surface area (Å²) in [6, 6.07) is 11.7. The second-order valence-electron chi connectivity index (χ2n) is 3.19. The van der Waals surface area contributed by atoms with Gasteiger partial charge in [-0.05, 0) is 17.5 Å². The summed E-state index contributed by atoms with van der Waals surface area (Å²) >= 11 is 0. The van der Waals surface area contributed by atoms with Crippen molar-refractivity contribution < 1.29 is 5.11 Å². The average Bonchev–Trinajstić information content (AvgIpc) is 2.19. The Morgan fingerprint density at radius 2 is 1.79 bits per heavy atom. The van der Waals surface area contributed by atoms with E-state index in [0.29, 0.717) is 0 Å². The summed E-state index contributed by atoms with van der Waals surface area (Å²) in [5, 5.41) is 11.0. The maximum absolute atomic E-state index is 11.0. The Morgan fingerprint density at radius 3 is 2.50 bits per heavy atom. The fourth-order valence-corrected chi connectivity index (χ4v) is 1.39. The van der Waals surface area contributed by atoms with Crippen LogP contribution in [0.2, 0.25) is 0 Å². The molecule has 0 aliphatic carbocycles. The van der Waals surface area contributed by atoms with E-state index in [1.54, 1.807) is 12.3 Å². The normalized spacial score (nSPS) is 10.0. The van der Waals surface area contributed by atoms with E-state index in [-0.39, 0.29) is 5.75 Å². The van der Waals surface area contributed by atoms with Crippen LogP contribution in [0.3, 0.4) is 0 Å². The van der Waals surface area contributed by atoms with Crippen molar-refractivity contribution in [1.29, 1.82) is 0 Å². The van der Waals surface area contributed by atoms with Crippen LogP contribution in [0.1, 0.15) is 11.1 Å². The first-order chi connectivity index (χ1) is 6.84. The summed E-state index contributed by atoms with van der Waals surface area (Å²) in [5.74, 6) is -0.0292. The standard InChI is InChI=1S/C12H11NO/c14-12-7-11(8-13-9-12)6-10-4-2-1-3-5-10/h1-5,7-9,14H,6H2/p-1. The van der Waals surface area contributed by atoms with Crippen molar-refractivity contribution in [3.63, 3.8) is 0 Å². The van der Waals surface area contributed by atoms with Crippen molar-refractivity contribution in [3.05, 3.63) is 59.9 Å².